The molecule has 4 heteroatoms. The van der Waals surface area contributed by atoms with Crippen LogP contribution in [0.15, 0.2) is 61.4 Å². The summed E-state index contributed by atoms with van der Waals surface area (Å²) in [5.41, 5.74) is 1.98. The highest BCUT2D eigenvalue weighted by molar-refractivity contribution is 6.16. The van der Waals surface area contributed by atoms with Crippen LogP contribution in [0.1, 0.15) is 22.3 Å². The second-order valence-electron chi connectivity index (χ2n) is 4.98. The first-order valence-corrected chi connectivity index (χ1v) is 7.22. The van der Waals surface area contributed by atoms with Gasteiger partial charge in [-0.1, -0.05) is 55.1 Å². The standard InChI is InChI=1S/C20H17FO3/c1-3-14-7-6-9-16(11-14)19(21)12-15-8-4-5-10-17(15)18(13-24-2)20(22)23/h3-13H,1H2,2H3,(H,22,23)/b18-13-,19-12-. The maximum Gasteiger partial charge on any atom is 0.339 e. The van der Waals surface area contributed by atoms with Crippen molar-refractivity contribution < 1.29 is 19.0 Å². The lowest BCUT2D eigenvalue weighted by Crippen LogP contribution is -2.02. The minimum Gasteiger partial charge on any atom is -0.503 e. The molecule has 2 rings (SSSR count). The Bertz CT molecular complexity index is 819. The molecule has 0 saturated heterocycles. The molecule has 0 aromatic heterocycles. The van der Waals surface area contributed by atoms with Crippen LogP contribution in [0.25, 0.3) is 23.6 Å². The minimum absolute atomic E-state index is 0.0445. The summed E-state index contributed by atoms with van der Waals surface area (Å²) in [5, 5.41) is 9.33. The van der Waals surface area contributed by atoms with Crippen LogP contribution in [-0.2, 0) is 9.53 Å². The van der Waals surface area contributed by atoms with Crippen LogP contribution in [0.3, 0.4) is 0 Å². The van der Waals surface area contributed by atoms with Crippen LogP contribution in [0, 0.1) is 0 Å². The molecule has 0 bridgehead atoms. The Morgan fingerprint density at radius 2 is 1.96 bits per heavy atom. The molecule has 2 aromatic carbocycles. The molecule has 0 aliphatic heterocycles. The Hall–Kier alpha value is -3.14. The van der Waals surface area contributed by atoms with Gasteiger partial charge in [0, 0.05) is 5.56 Å². The third kappa shape index (κ3) is 3.98. The molecule has 0 fully saturated rings. The molecular formula is C20H17FO3. The van der Waals surface area contributed by atoms with E-state index in [0.29, 0.717) is 16.7 Å². The fourth-order valence-corrected chi connectivity index (χ4v) is 2.25. The van der Waals surface area contributed by atoms with Crippen molar-refractivity contribution in [2.75, 3.05) is 7.11 Å². The van der Waals surface area contributed by atoms with Gasteiger partial charge in [-0.05, 0) is 28.8 Å². The molecule has 0 radical (unpaired) electrons. The monoisotopic (exact) mass is 324 g/mol. The number of carbonyl (C=O) groups is 1. The summed E-state index contributed by atoms with van der Waals surface area (Å²) in [6.45, 7) is 3.66. The number of carboxylic acid groups (broad SMARTS) is 1. The smallest absolute Gasteiger partial charge is 0.339 e. The second-order valence-corrected chi connectivity index (χ2v) is 4.98. The molecule has 0 amide bonds. The number of methoxy groups -OCH3 is 1. The number of rotatable bonds is 6. The molecule has 0 heterocycles. The molecule has 0 saturated carbocycles. The Labute approximate surface area is 140 Å². The van der Waals surface area contributed by atoms with E-state index in [1.165, 1.54) is 13.2 Å². The molecule has 122 valence electrons. The van der Waals surface area contributed by atoms with Gasteiger partial charge < -0.3 is 9.84 Å². The van der Waals surface area contributed by atoms with Crippen molar-refractivity contribution in [3.63, 3.8) is 0 Å². The lowest BCUT2D eigenvalue weighted by Gasteiger charge is -2.08. The average Bonchev–Trinajstić information content (AvgIpc) is 2.60. The van der Waals surface area contributed by atoms with Gasteiger partial charge in [-0.25, -0.2) is 9.18 Å². The molecule has 24 heavy (non-hydrogen) atoms. The normalized spacial score (nSPS) is 11.9. The number of halogens is 1. The first-order valence-electron chi connectivity index (χ1n) is 7.22. The molecule has 0 spiro atoms. The van der Waals surface area contributed by atoms with E-state index in [0.717, 1.165) is 11.8 Å². The summed E-state index contributed by atoms with van der Waals surface area (Å²) >= 11 is 0. The predicted octanol–water partition coefficient (Wildman–Crippen LogP) is 4.87. The van der Waals surface area contributed by atoms with Gasteiger partial charge in [0.1, 0.15) is 11.4 Å². The van der Waals surface area contributed by atoms with Gasteiger partial charge in [0.15, 0.2) is 0 Å². The fourth-order valence-electron chi connectivity index (χ4n) is 2.25. The van der Waals surface area contributed by atoms with Crippen LogP contribution >= 0.6 is 0 Å². The summed E-state index contributed by atoms with van der Waals surface area (Å²) in [6.07, 6.45) is 4.07. The van der Waals surface area contributed by atoms with Gasteiger partial charge in [-0.2, -0.15) is 0 Å². The zero-order valence-corrected chi connectivity index (χ0v) is 13.2. The lowest BCUT2D eigenvalue weighted by atomic mass is 9.99. The van der Waals surface area contributed by atoms with E-state index in [2.05, 4.69) is 6.58 Å². The molecule has 0 aliphatic carbocycles. The van der Waals surface area contributed by atoms with Crippen LogP contribution in [0.4, 0.5) is 4.39 Å². The van der Waals surface area contributed by atoms with Gasteiger partial charge >= 0.3 is 5.97 Å². The quantitative estimate of drug-likeness (QED) is 0.468. The van der Waals surface area contributed by atoms with E-state index in [4.69, 9.17) is 4.74 Å². The Morgan fingerprint density at radius 1 is 1.21 bits per heavy atom. The first-order chi connectivity index (χ1) is 11.6. The van der Waals surface area contributed by atoms with Crippen LogP contribution < -0.4 is 0 Å². The molecule has 0 aliphatic rings. The lowest BCUT2D eigenvalue weighted by molar-refractivity contribution is -0.130. The summed E-state index contributed by atoms with van der Waals surface area (Å²) in [6, 6.07) is 13.5. The molecular weight excluding hydrogens is 307 g/mol. The Balaban J connectivity index is 2.51. The summed E-state index contributed by atoms with van der Waals surface area (Å²) in [4.78, 5) is 11.4. The third-order valence-electron chi connectivity index (χ3n) is 3.40. The third-order valence-corrected chi connectivity index (χ3v) is 3.40. The van der Waals surface area contributed by atoms with Gasteiger partial charge in [-0.3, -0.25) is 0 Å². The van der Waals surface area contributed by atoms with E-state index in [-0.39, 0.29) is 5.57 Å². The van der Waals surface area contributed by atoms with Crippen LogP contribution in [0.2, 0.25) is 0 Å². The molecule has 1 N–H and O–H groups in total. The average molecular weight is 324 g/mol. The summed E-state index contributed by atoms with van der Waals surface area (Å²) in [7, 11) is 1.36. The van der Waals surface area contributed by atoms with Gasteiger partial charge in [0.05, 0.1) is 13.4 Å². The maximum atomic E-state index is 14.6. The van der Waals surface area contributed by atoms with Crippen molar-refractivity contribution >= 4 is 29.5 Å². The van der Waals surface area contributed by atoms with Crippen molar-refractivity contribution in [1.29, 1.82) is 0 Å². The van der Waals surface area contributed by atoms with E-state index >= 15 is 0 Å². The molecule has 2 aromatic rings. The predicted molar refractivity (Wildman–Crippen MR) is 94.6 cm³/mol. The highest BCUT2D eigenvalue weighted by atomic mass is 19.1. The Kier molecular flexibility index (Phi) is 5.68. The van der Waals surface area contributed by atoms with Crippen LogP contribution in [-0.4, -0.2) is 18.2 Å². The number of benzene rings is 2. The fraction of sp³-hybridized carbons (Fsp3) is 0.0500. The highest BCUT2D eigenvalue weighted by Gasteiger charge is 2.14. The number of hydrogen-bond donors (Lipinski definition) is 1. The van der Waals surface area contributed by atoms with Crippen molar-refractivity contribution in [3.05, 3.63) is 83.6 Å². The van der Waals surface area contributed by atoms with E-state index in [1.54, 1.807) is 48.5 Å². The minimum atomic E-state index is -1.15. The van der Waals surface area contributed by atoms with Gasteiger partial charge in [0.2, 0.25) is 0 Å². The number of aliphatic carboxylic acids is 1. The van der Waals surface area contributed by atoms with Crippen molar-refractivity contribution in [3.8, 4) is 0 Å². The summed E-state index contributed by atoms with van der Waals surface area (Å²) in [5.74, 6) is -1.61. The second kappa shape index (κ2) is 7.92. The van der Waals surface area contributed by atoms with Crippen molar-refractivity contribution in [1.82, 2.24) is 0 Å². The topological polar surface area (TPSA) is 46.5 Å². The highest BCUT2D eigenvalue weighted by Crippen LogP contribution is 2.26. The van der Waals surface area contributed by atoms with E-state index < -0.39 is 11.8 Å². The molecule has 0 atom stereocenters. The van der Waals surface area contributed by atoms with E-state index in [1.807, 2.05) is 6.07 Å². The largest absolute Gasteiger partial charge is 0.503 e. The first kappa shape index (κ1) is 17.2. The zero-order chi connectivity index (χ0) is 17.5. The van der Waals surface area contributed by atoms with Gasteiger partial charge in [0.25, 0.3) is 0 Å². The summed E-state index contributed by atoms with van der Waals surface area (Å²) < 4.78 is 19.4. The number of ether oxygens (including phenoxy) is 1. The van der Waals surface area contributed by atoms with Crippen molar-refractivity contribution in [2.45, 2.75) is 0 Å². The Morgan fingerprint density at radius 3 is 2.62 bits per heavy atom. The van der Waals surface area contributed by atoms with Crippen LogP contribution in [0.5, 0.6) is 0 Å². The van der Waals surface area contributed by atoms with Crippen molar-refractivity contribution in [2.24, 2.45) is 0 Å². The zero-order valence-electron chi connectivity index (χ0n) is 13.2. The SMILES string of the molecule is C=Cc1cccc(/C(F)=C/c2ccccc2/C(=C/OC)C(=O)O)c1. The molecule has 0 unspecified atom stereocenters. The van der Waals surface area contributed by atoms with E-state index in [9.17, 15) is 14.3 Å². The van der Waals surface area contributed by atoms with Gasteiger partial charge in [-0.15, -0.1) is 0 Å². The number of hydrogen-bond acceptors (Lipinski definition) is 2. The maximum absolute atomic E-state index is 14.6. The number of carboxylic acids is 1. The molecule has 3 nitrogen and oxygen atoms in total.